The van der Waals surface area contributed by atoms with E-state index in [1.165, 1.54) is 20.8 Å². The summed E-state index contributed by atoms with van der Waals surface area (Å²) in [5.41, 5.74) is -3.00. The van der Waals surface area contributed by atoms with Crippen LogP contribution in [0.4, 0.5) is 26.3 Å². The highest BCUT2D eigenvalue weighted by molar-refractivity contribution is 5.87. The van der Waals surface area contributed by atoms with Crippen LogP contribution >= 0.6 is 0 Å². The van der Waals surface area contributed by atoms with Crippen molar-refractivity contribution in [2.24, 2.45) is 0 Å². The highest BCUT2D eigenvalue weighted by Crippen LogP contribution is 2.43. The van der Waals surface area contributed by atoms with E-state index in [4.69, 9.17) is 4.74 Å². The van der Waals surface area contributed by atoms with Crippen LogP contribution in [-0.4, -0.2) is 47.3 Å². The predicted molar refractivity (Wildman–Crippen MR) is 77.7 cm³/mol. The lowest BCUT2D eigenvalue weighted by molar-refractivity contribution is -0.329. The van der Waals surface area contributed by atoms with Crippen LogP contribution in [0.5, 0.6) is 0 Å². The monoisotopic (exact) mass is 388 g/mol. The van der Waals surface area contributed by atoms with E-state index in [9.17, 15) is 36.2 Å². The fourth-order valence-electron chi connectivity index (χ4n) is 2.49. The molecular weight excluding hydrogens is 370 g/mol. The van der Waals surface area contributed by atoms with Gasteiger partial charge in [-0.05, 0) is 33.3 Å². The molecule has 2 atom stereocenters. The molecule has 0 saturated heterocycles. The third-order valence-electron chi connectivity index (χ3n) is 3.60. The van der Waals surface area contributed by atoms with Gasteiger partial charge < -0.3 is 14.6 Å². The fraction of sp³-hybridized carbons (Fsp3) is 0.688. The molecule has 1 rings (SSSR count). The Hall–Kier alpha value is -1.73. The number of hydrogen-bond acceptors (Lipinski definition) is 4. The lowest BCUT2D eigenvalue weighted by atomic mass is 9.95. The van der Waals surface area contributed by atoms with Crippen molar-refractivity contribution in [1.29, 1.82) is 0 Å². The average Bonchev–Trinajstić information content (AvgIpc) is 2.67. The van der Waals surface area contributed by atoms with E-state index in [0.717, 1.165) is 6.92 Å². The van der Waals surface area contributed by atoms with E-state index in [2.05, 4.69) is 16.6 Å². The highest BCUT2D eigenvalue weighted by atomic mass is 19.4. The van der Waals surface area contributed by atoms with E-state index < -0.39 is 48.7 Å². The van der Waals surface area contributed by atoms with Gasteiger partial charge in [0.15, 0.2) is 5.60 Å². The predicted octanol–water partition coefficient (Wildman–Crippen LogP) is 3.29. The Balaban J connectivity index is 3.27. The van der Waals surface area contributed by atoms with Crippen LogP contribution in [0.3, 0.4) is 0 Å². The molecule has 0 bridgehead atoms. The summed E-state index contributed by atoms with van der Waals surface area (Å²) in [7, 11) is 0. The van der Waals surface area contributed by atoms with Crippen molar-refractivity contribution in [2.75, 3.05) is 0 Å². The summed E-state index contributed by atoms with van der Waals surface area (Å²) < 4.78 is 85.4. The van der Waals surface area contributed by atoms with Gasteiger partial charge in [-0.25, -0.2) is 4.79 Å². The first-order valence-corrected chi connectivity index (χ1v) is 7.51. The Bertz CT molecular complexity index is 624. The number of ether oxygens (including phenoxy) is 2. The number of carbonyl (C=O) groups is 1. The van der Waals surface area contributed by atoms with Gasteiger partial charge in [-0.1, -0.05) is 5.92 Å². The van der Waals surface area contributed by atoms with E-state index >= 15 is 0 Å². The molecule has 0 aromatic carbocycles. The first kappa shape index (κ1) is 22.3. The van der Waals surface area contributed by atoms with E-state index in [1.54, 1.807) is 0 Å². The summed E-state index contributed by atoms with van der Waals surface area (Å²) in [4.78, 5) is 12.2. The maximum absolute atomic E-state index is 12.7. The summed E-state index contributed by atoms with van der Waals surface area (Å²) in [6.45, 7) is 5.41. The Morgan fingerprint density at radius 3 is 2.12 bits per heavy atom. The number of aliphatic hydroxyl groups is 1. The normalized spacial score (nSPS) is 24.1. The van der Waals surface area contributed by atoms with Crippen molar-refractivity contribution < 1.29 is 45.7 Å². The summed E-state index contributed by atoms with van der Waals surface area (Å²) in [6, 6.07) is 0. The summed E-state index contributed by atoms with van der Waals surface area (Å²) in [5, 5.41) is 10.6. The van der Waals surface area contributed by atoms with Crippen LogP contribution < -0.4 is 0 Å². The Morgan fingerprint density at radius 1 is 1.23 bits per heavy atom. The fourth-order valence-corrected chi connectivity index (χ4v) is 2.49. The van der Waals surface area contributed by atoms with E-state index in [0.29, 0.717) is 0 Å². The molecule has 0 aliphatic heterocycles. The quantitative estimate of drug-likeness (QED) is 0.456. The zero-order valence-electron chi connectivity index (χ0n) is 14.4. The lowest BCUT2D eigenvalue weighted by Crippen LogP contribution is -2.47. The molecule has 10 heteroatoms. The number of hydrogen-bond donors (Lipinski definition) is 1. The molecule has 4 nitrogen and oxygen atoms in total. The maximum Gasteiger partial charge on any atom is 0.423 e. The van der Waals surface area contributed by atoms with Gasteiger partial charge in [-0.3, -0.25) is 0 Å². The SMILES string of the molecule is CC#CC1=C(C)[C@H](OC(C(F)(F)F)C(F)(F)F)C[C@@]1(O)C(=O)OC(C)C. The van der Waals surface area contributed by atoms with Gasteiger partial charge in [-0.2, -0.15) is 26.3 Å². The number of rotatable bonds is 4. The van der Waals surface area contributed by atoms with E-state index in [1.807, 2.05) is 0 Å². The zero-order chi connectivity index (χ0) is 20.5. The summed E-state index contributed by atoms with van der Waals surface area (Å²) in [5.74, 6) is 3.50. The molecule has 0 radical (unpaired) electrons. The molecule has 0 saturated carbocycles. The minimum atomic E-state index is -5.71. The summed E-state index contributed by atoms with van der Waals surface area (Å²) in [6.07, 6.45) is -18.8. The van der Waals surface area contributed by atoms with Crippen molar-refractivity contribution in [1.82, 2.24) is 0 Å². The van der Waals surface area contributed by atoms with Crippen LogP contribution in [0.15, 0.2) is 11.1 Å². The topological polar surface area (TPSA) is 55.8 Å². The second kappa shape index (κ2) is 7.48. The van der Waals surface area contributed by atoms with Crippen molar-refractivity contribution in [3.63, 3.8) is 0 Å². The van der Waals surface area contributed by atoms with Crippen LogP contribution in [-0.2, 0) is 14.3 Å². The van der Waals surface area contributed by atoms with Crippen molar-refractivity contribution >= 4 is 5.97 Å². The molecule has 0 spiro atoms. The lowest BCUT2D eigenvalue weighted by Gasteiger charge is -2.28. The van der Waals surface area contributed by atoms with Gasteiger partial charge >= 0.3 is 18.3 Å². The molecule has 1 N–H and O–H groups in total. The van der Waals surface area contributed by atoms with Gasteiger partial charge in [0, 0.05) is 12.0 Å². The minimum absolute atomic E-state index is 0.193. The van der Waals surface area contributed by atoms with Gasteiger partial charge in [0.2, 0.25) is 6.10 Å². The smallest absolute Gasteiger partial charge is 0.423 e. The van der Waals surface area contributed by atoms with Crippen LogP contribution in [0, 0.1) is 11.8 Å². The number of carbonyl (C=O) groups excluding carboxylic acids is 1. The molecular formula is C16H18F6O4. The molecule has 0 aromatic heterocycles. The molecule has 0 aromatic rings. The second-order valence-electron chi connectivity index (χ2n) is 6.04. The molecule has 1 aliphatic rings. The molecule has 0 fully saturated rings. The maximum atomic E-state index is 12.7. The zero-order valence-corrected chi connectivity index (χ0v) is 14.4. The van der Waals surface area contributed by atoms with Crippen molar-refractivity contribution in [2.45, 2.75) is 70.4 Å². The van der Waals surface area contributed by atoms with Crippen molar-refractivity contribution in [3.8, 4) is 11.8 Å². The van der Waals surface area contributed by atoms with Crippen molar-refractivity contribution in [3.05, 3.63) is 11.1 Å². The Labute approximate surface area is 146 Å². The third kappa shape index (κ3) is 4.71. The first-order chi connectivity index (χ1) is 11.6. The third-order valence-corrected chi connectivity index (χ3v) is 3.60. The molecule has 26 heavy (non-hydrogen) atoms. The minimum Gasteiger partial charge on any atom is -0.461 e. The number of alkyl halides is 6. The van der Waals surface area contributed by atoms with Crippen LogP contribution in [0.2, 0.25) is 0 Å². The number of esters is 1. The molecule has 148 valence electrons. The van der Waals surface area contributed by atoms with Gasteiger partial charge in [0.25, 0.3) is 0 Å². The van der Waals surface area contributed by atoms with E-state index in [-0.39, 0.29) is 11.1 Å². The Kier molecular flexibility index (Phi) is 6.42. The Morgan fingerprint density at radius 2 is 1.73 bits per heavy atom. The van der Waals surface area contributed by atoms with Crippen LogP contribution in [0.1, 0.15) is 34.1 Å². The first-order valence-electron chi connectivity index (χ1n) is 7.51. The van der Waals surface area contributed by atoms with Gasteiger partial charge in [0.1, 0.15) is 0 Å². The molecule has 0 unspecified atom stereocenters. The average molecular weight is 388 g/mol. The second-order valence-corrected chi connectivity index (χ2v) is 6.04. The van der Waals surface area contributed by atoms with Gasteiger partial charge in [-0.15, -0.1) is 5.92 Å². The molecule has 1 aliphatic carbocycles. The number of halogens is 6. The molecule has 0 amide bonds. The van der Waals surface area contributed by atoms with Gasteiger partial charge in [0.05, 0.1) is 12.2 Å². The molecule has 0 heterocycles. The summed E-state index contributed by atoms with van der Waals surface area (Å²) >= 11 is 0. The highest BCUT2D eigenvalue weighted by Gasteiger charge is 2.61. The van der Waals surface area contributed by atoms with Crippen LogP contribution in [0.25, 0.3) is 0 Å². The standard InChI is InChI=1S/C16H18F6O4/c1-5-6-10-9(4)11(7-14(10,24)13(23)25-8(2)3)26-12(15(17,18)19)16(20,21)22/h8,11-12,24H,7H2,1-4H3/t11-,14+/m1/s1. The largest absolute Gasteiger partial charge is 0.461 e.